The van der Waals surface area contributed by atoms with Crippen molar-refractivity contribution in [1.29, 1.82) is 0 Å². The third-order valence-corrected chi connectivity index (χ3v) is 5.17. The Morgan fingerprint density at radius 3 is 2.48 bits per heavy atom. The summed E-state index contributed by atoms with van der Waals surface area (Å²) >= 11 is 0. The molecule has 0 amide bonds. The number of methoxy groups -OCH3 is 1. The van der Waals surface area contributed by atoms with Gasteiger partial charge in [-0.2, -0.15) is 0 Å². The van der Waals surface area contributed by atoms with Crippen molar-refractivity contribution in [2.24, 2.45) is 0 Å². The first-order valence-corrected chi connectivity index (χ1v) is 7.99. The molecule has 114 valence electrons. The predicted octanol–water partition coefficient (Wildman–Crippen LogP) is 3.62. The molecule has 0 saturated heterocycles. The highest BCUT2D eigenvalue weighted by atomic mass is 31.2. The maximum absolute atomic E-state index is 12.7. The van der Waals surface area contributed by atoms with E-state index < -0.39 is 13.4 Å². The molecule has 0 aliphatic rings. The summed E-state index contributed by atoms with van der Waals surface area (Å²) in [7, 11) is 0.979. The van der Waals surface area contributed by atoms with Crippen molar-refractivity contribution < 1.29 is 18.3 Å². The molecule has 0 aliphatic carbocycles. The lowest BCUT2D eigenvalue weighted by atomic mass is 10.3. The van der Waals surface area contributed by atoms with E-state index in [0.717, 1.165) is 5.69 Å². The van der Waals surface area contributed by atoms with Crippen molar-refractivity contribution in [3.63, 3.8) is 0 Å². The quantitative estimate of drug-likeness (QED) is 0.764. The number of nitrogens with one attached hydrogen (secondary N) is 2. The number of hydrogen-bond acceptors (Lipinski definition) is 5. The Kier molecular flexibility index (Phi) is 5.07. The van der Waals surface area contributed by atoms with E-state index in [9.17, 15) is 4.57 Å². The molecule has 0 fully saturated rings. The highest BCUT2D eigenvalue weighted by Gasteiger charge is 2.36. The zero-order chi connectivity index (χ0) is 15.3. The first-order chi connectivity index (χ1) is 10.1. The number of ether oxygens (including phenoxy) is 1. The van der Waals surface area contributed by atoms with E-state index in [4.69, 9.17) is 13.8 Å². The van der Waals surface area contributed by atoms with E-state index in [1.165, 1.54) is 14.2 Å². The number of anilines is 1. The van der Waals surface area contributed by atoms with Crippen LogP contribution in [0.3, 0.4) is 0 Å². The Hall–Kier alpha value is -1.75. The van der Waals surface area contributed by atoms with Crippen molar-refractivity contribution in [3.05, 3.63) is 48.3 Å². The Morgan fingerprint density at radius 1 is 1.14 bits per heavy atom. The second kappa shape index (κ2) is 6.80. The SMILES string of the molecule is COc1cccc(NC(c2ccc[nH]2)P(=O)(OC)OC)c1. The Balaban J connectivity index is 2.34. The molecule has 2 aromatic rings. The summed E-state index contributed by atoms with van der Waals surface area (Å²) in [5.41, 5.74) is 1.47. The van der Waals surface area contributed by atoms with E-state index in [2.05, 4.69) is 10.3 Å². The third kappa shape index (κ3) is 3.47. The minimum Gasteiger partial charge on any atom is -0.497 e. The molecule has 0 saturated carbocycles. The third-order valence-electron chi connectivity index (χ3n) is 3.11. The second-order valence-corrected chi connectivity index (χ2v) is 6.64. The minimum absolute atomic E-state index is 0.644. The highest BCUT2D eigenvalue weighted by Crippen LogP contribution is 2.59. The molecule has 1 unspecified atom stereocenters. The summed E-state index contributed by atoms with van der Waals surface area (Å²) in [5.74, 6) is 0.0597. The Morgan fingerprint density at radius 2 is 1.90 bits per heavy atom. The number of H-pyrrole nitrogens is 1. The molecule has 2 N–H and O–H groups in total. The average molecular weight is 310 g/mol. The van der Waals surface area contributed by atoms with Crippen LogP contribution in [0.15, 0.2) is 42.6 Å². The number of hydrogen-bond donors (Lipinski definition) is 2. The van der Waals surface area contributed by atoms with Crippen LogP contribution in [0.4, 0.5) is 5.69 Å². The van der Waals surface area contributed by atoms with Crippen LogP contribution in [0.1, 0.15) is 11.5 Å². The van der Waals surface area contributed by atoms with Gasteiger partial charge in [0.15, 0.2) is 5.78 Å². The molecule has 0 bridgehead atoms. The lowest BCUT2D eigenvalue weighted by Gasteiger charge is -2.25. The summed E-state index contributed by atoms with van der Waals surface area (Å²) in [6, 6.07) is 11.0. The average Bonchev–Trinajstić information content (AvgIpc) is 3.06. The van der Waals surface area contributed by atoms with Gasteiger partial charge in [-0.25, -0.2) is 0 Å². The van der Waals surface area contributed by atoms with Gasteiger partial charge in [0.25, 0.3) is 0 Å². The summed E-state index contributed by atoms with van der Waals surface area (Å²) in [5, 5.41) is 3.17. The molecule has 7 heteroatoms. The van der Waals surface area contributed by atoms with Gasteiger partial charge < -0.3 is 24.1 Å². The first-order valence-electron chi connectivity index (χ1n) is 6.38. The molecular weight excluding hydrogens is 291 g/mol. The molecule has 2 rings (SSSR count). The van der Waals surface area contributed by atoms with Gasteiger partial charge in [0.1, 0.15) is 5.75 Å². The maximum Gasteiger partial charge on any atom is 0.358 e. The van der Waals surface area contributed by atoms with Crippen LogP contribution in [0.25, 0.3) is 0 Å². The van der Waals surface area contributed by atoms with E-state index >= 15 is 0 Å². The van der Waals surface area contributed by atoms with Crippen LogP contribution in [0, 0.1) is 0 Å². The van der Waals surface area contributed by atoms with E-state index in [1.54, 1.807) is 13.3 Å². The summed E-state index contributed by atoms with van der Waals surface area (Å²) in [6.45, 7) is 0. The molecule has 1 heterocycles. The summed E-state index contributed by atoms with van der Waals surface area (Å²) in [6.07, 6.45) is 1.76. The molecule has 21 heavy (non-hydrogen) atoms. The highest BCUT2D eigenvalue weighted by molar-refractivity contribution is 7.54. The number of rotatable bonds is 7. The van der Waals surface area contributed by atoms with E-state index in [1.807, 2.05) is 36.4 Å². The van der Waals surface area contributed by atoms with Crippen LogP contribution in [0.2, 0.25) is 0 Å². The van der Waals surface area contributed by atoms with Crippen molar-refractivity contribution in [1.82, 2.24) is 4.98 Å². The largest absolute Gasteiger partial charge is 0.497 e. The molecular formula is C14H19N2O4P. The lowest BCUT2D eigenvalue weighted by Crippen LogP contribution is -2.14. The summed E-state index contributed by atoms with van der Waals surface area (Å²) in [4.78, 5) is 3.03. The molecule has 1 aromatic carbocycles. The monoisotopic (exact) mass is 310 g/mol. The fourth-order valence-electron chi connectivity index (χ4n) is 2.00. The van der Waals surface area contributed by atoms with Crippen LogP contribution >= 0.6 is 7.60 Å². The topological polar surface area (TPSA) is 72.6 Å². The van der Waals surface area contributed by atoms with Crippen molar-refractivity contribution in [3.8, 4) is 5.75 Å². The Labute approximate surface area is 124 Å². The van der Waals surface area contributed by atoms with E-state index in [-0.39, 0.29) is 0 Å². The number of aromatic nitrogens is 1. The Bertz CT molecular complexity index is 607. The van der Waals surface area contributed by atoms with Crippen molar-refractivity contribution in [2.75, 3.05) is 26.6 Å². The zero-order valence-corrected chi connectivity index (χ0v) is 13.1. The number of aromatic amines is 1. The van der Waals surface area contributed by atoms with Gasteiger partial charge in [-0.1, -0.05) is 6.07 Å². The number of benzene rings is 1. The van der Waals surface area contributed by atoms with Crippen LogP contribution in [0.5, 0.6) is 5.75 Å². The smallest absolute Gasteiger partial charge is 0.358 e. The maximum atomic E-state index is 12.7. The van der Waals surface area contributed by atoms with Crippen LogP contribution < -0.4 is 10.1 Å². The minimum atomic E-state index is -3.35. The van der Waals surface area contributed by atoms with Crippen molar-refractivity contribution >= 4 is 13.3 Å². The van der Waals surface area contributed by atoms with Gasteiger partial charge >= 0.3 is 7.60 Å². The van der Waals surface area contributed by atoms with Crippen LogP contribution in [-0.2, 0) is 13.6 Å². The fourth-order valence-corrected chi connectivity index (χ4v) is 3.38. The van der Waals surface area contributed by atoms with E-state index in [0.29, 0.717) is 11.4 Å². The standard InChI is InChI=1S/C14H19N2O4P/c1-18-12-7-4-6-11(10-12)16-14(13-8-5-9-15-13)21(17,19-2)20-3/h4-10,14-16H,1-3H3. The fraction of sp³-hybridized carbons (Fsp3) is 0.286. The second-order valence-electron chi connectivity index (χ2n) is 4.31. The molecule has 1 atom stereocenters. The van der Waals surface area contributed by atoms with Gasteiger partial charge in [-0.3, -0.25) is 4.57 Å². The zero-order valence-electron chi connectivity index (χ0n) is 12.2. The first kappa shape index (κ1) is 15.6. The van der Waals surface area contributed by atoms with Gasteiger partial charge in [-0.05, 0) is 24.3 Å². The molecule has 0 radical (unpaired) electrons. The summed E-state index contributed by atoms with van der Waals surface area (Å²) < 4.78 is 28.2. The predicted molar refractivity (Wildman–Crippen MR) is 81.8 cm³/mol. The van der Waals surface area contributed by atoms with Crippen molar-refractivity contribution in [2.45, 2.75) is 5.78 Å². The molecule has 0 spiro atoms. The molecule has 1 aromatic heterocycles. The normalized spacial score (nSPS) is 12.9. The van der Waals surface area contributed by atoms with Gasteiger partial charge in [0.05, 0.1) is 7.11 Å². The molecule has 6 nitrogen and oxygen atoms in total. The van der Waals surface area contributed by atoms with Crippen LogP contribution in [-0.4, -0.2) is 26.3 Å². The van der Waals surface area contributed by atoms with Gasteiger partial charge in [0, 0.05) is 37.9 Å². The van der Waals surface area contributed by atoms with Gasteiger partial charge in [0.2, 0.25) is 0 Å². The van der Waals surface area contributed by atoms with Gasteiger partial charge in [-0.15, -0.1) is 0 Å². The lowest BCUT2D eigenvalue weighted by molar-refractivity contribution is 0.268. The molecule has 0 aliphatic heterocycles.